The Balaban J connectivity index is 1.07. The monoisotopic (exact) mass is 663 g/mol. The fourth-order valence-electron chi connectivity index (χ4n) is 8.30. The third-order valence-electron chi connectivity index (χ3n) is 10.7. The first-order chi connectivity index (χ1) is 25.8. The van der Waals surface area contributed by atoms with Gasteiger partial charge in [0.2, 0.25) is 0 Å². The van der Waals surface area contributed by atoms with Crippen LogP contribution in [0.15, 0.2) is 182 Å². The Morgan fingerprint density at radius 1 is 0.385 bits per heavy atom. The quantitative estimate of drug-likeness (QED) is 0.175. The van der Waals surface area contributed by atoms with Crippen LogP contribution in [-0.4, -0.2) is 11.5 Å². The highest BCUT2D eigenvalue weighted by Gasteiger charge is 2.41. The number of benzene rings is 8. The van der Waals surface area contributed by atoms with E-state index in [0.717, 1.165) is 61.7 Å². The summed E-state index contributed by atoms with van der Waals surface area (Å²) in [6.45, 7) is -0.253. The van der Waals surface area contributed by atoms with Crippen LogP contribution in [-0.2, 0) is 0 Å². The van der Waals surface area contributed by atoms with Crippen LogP contribution < -0.4 is 20.3 Å². The molecule has 1 aromatic heterocycles. The van der Waals surface area contributed by atoms with Crippen LogP contribution in [0.4, 0.5) is 0 Å². The van der Waals surface area contributed by atoms with E-state index in [-0.39, 0.29) is 6.92 Å². The van der Waals surface area contributed by atoms with Crippen LogP contribution in [0.25, 0.3) is 72.0 Å². The standard InChI is InChI=1S/C48H30BNO2/c1-2-12-32(13-3-1)36-14-4-5-15-37(36)33-24-27-45-40(28-33)41-29-34(30-47-48(41)49(52-45)42-18-8-11-21-46(42)51-47)31-22-25-35(26-23-31)50-43-19-9-6-16-38(43)39-17-7-10-20-44(39)50/h1-30H. The molecule has 0 saturated heterocycles. The third kappa shape index (κ3) is 4.41. The lowest BCUT2D eigenvalue weighted by atomic mass is 9.50. The molecule has 9 aromatic rings. The number of aromatic nitrogens is 1. The van der Waals surface area contributed by atoms with E-state index in [0.29, 0.717) is 0 Å². The molecule has 0 aliphatic carbocycles. The van der Waals surface area contributed by atoms with Gasteiger partial charge in [-0.2, -0.15) is 0 Å². The largest absolute Gasteiger partial charge is 0.551 e. The highest BCUT2D eigenvalue weighted by atomic mass is 16.5. The van der Waals surface area contributed by atoms with Crippen molar-refractivity contribution in [2.24, 2.45) is 0 Å². The topological polar surface area (TPSA) is 23.4 Å². The number of ether oxygens (including phenoxy) is 1. The van der Waals surface area contributed by atoms with E-state index in [4.69, 9.17) is 9.39 Å². The number of fused-ring (bicyclic) bond motifs is 7. The van der Waals surface area contributed by atoms with Gasteiger partial charge in [-0.1, -0.05) is 127 Å². The van der Waals surface area contributed by atoms with Gasteiger partial charge in [-0.15, -0.1) is 0 Å². The molecule has 2 aliphatic rings. The number of rotatable bonds is 4. The van der Waals surface area contributed by atoms with Gasteiger partial charge in [-0.05, 0) is 93.5 Å². The molecular formula is C48H30BNO2. The first-order valence-corrected chi connectivity index (χ1v) is 17.8. The summed E-state index contributed by atoms with van der Waals surface area (Å²) in [5.41, 5.74) is 14.8. The highest BCUT2D eigenvalue weighted by molar-refractivity contribution is 6.84. The minimum atomic E-state index is -0.253. The van der Waals surface area contributed by atoms with E-state index in [9.17, 15) is 0 Å². The minimum Gasteiger partial charge on any atom is -0.551 e. The van der Waals surface area contributed by atoms with Crippen molar-refractivity contribution in [1.82, 2.24) is 4.57 Å². The third-order valence-corrected chi connectivity index (χ3v) is 10.7. The summed E-state index contributed by atoms with van der Waals surface area (Å²) in [7, 11) is 0. The van der Waals surface area contributed by atoms with Gasteiger partial charge in [0.15, 0.2) is 0 Å². The van der Waals surface area contributed by atoms with Crippen molar-refractivity contribution in [2.45, 2.75) is 0 Å². The molecule has 0 bridgehead atoms. The maximum absolute atomic E-state index is 6.86. The molecule has 52 heavy (non-hydrogen) atoms. The summed E-state index contributed by atoms with van der Waals surface area (Å²) in [5, 5.41) is 2.52. The van der Waals surface area contributed by atoms with Gasteiger partial charge in [0.05, 0.1) is 11.0 Å². The van der Waals surface area contributed by atoms with Crippen molar-refractivity contribution in [3.8, 4) is 67.4 Å². The first-order valence-electron chi connectivity index (χ1n) is 17.8. The Labute approximate surface area is 302 Å². The number of para-hydroxylation sites is 3. The molecule has 0 radical (unpaired) electrons. The summed E-state index contributed by atoms with van der Waals surface area (Å²) in [5.74, 6) is 2.55. The van der Waals surface area contributed by atoms with E-state index in [1.54, 1.807) is 0 Å². The molecule has 11 rings (SSSR count). The fourth-order valence-corrected chi connectivity index (χ4v) is 8.30. The zero-order valence-corrected chi connectivity index (χ0v) is 28.2. The Hall–Kier alpha value is -6.78. The second-order valence-corrected chi connectivity index (χ2v) is 13.6. The van der Waals surface area contributed by atoms with Crippen LogP contribution in [0.2, 0.25) is 0 Å². The van der Waals surface area contributed by atoms with Crippen molar-refractivity contribution in [1.29, 1.82) is 0 Å². The fraction of sp³-hybridized carbons (Fsp3) is 0. The molecule has 0 fully saturated rings. The normalized spacial score (nSPS) is 12.5. The summed E-state index contributed by atoms with van der Waals surface area (Å²) in [6, 6.07) is 64.8. The van der Waals surface area contributed by atoms with E-state index >= 15 is 0 Å². The molecule has 2 aliphatic heterocycles. The maximum atomic E-state index is 6.86. The Morgan fingerprint density at radius 3 is 1.77 bits per heavy atom. The number of hydrogen-bond donors (Lipinski definition) is 0. The number of hydrogen-bond acceptors (Lipinski definition) is 2. The summed E-state index contributed by atoms with van der Waals surface area (Å²) < 4.78 is 15.9. The molecule has 0 spiro atoms. The van der Waals surface area contributed by atoms with Crippen molar-refractivity contribution >= 4 is 39.6 Å². The van der Waals surface area contributed by atoms with Crippen LogP contribution in [0, 0.1) is 0 Å². The van der Waals surface area contributed by atoms with Crippen LogP contribution in [0.1, 0.15) is 0 Å². The average Bonchev–Trinajstić information content (AvgIpc) is 3.55. The molecule has 4 heteroatoms. The first kappa shape index (κ1) is 29.0. The van der Waals surface area contributed by atoms with Gasteiger partial charge in [0.25, 0.3) is 0 Å². The van der Waals surface area contributed by atoms with Gasteiger partial charge in [0.1, 0.15) is 17.2 Å². The molecule has 0 amide bonds. The van der Waals surface area contributed by atoms with Crippen LogP contribution in [0.3, 0.4) is 0 Å². The SMILES string of the molecule is c1ccc(-c2ccccc2-c2ccc3c(c2)-c2cc(-c4ccc(-n5c6ccccc6c6ccccc65)cc4)cc4c2B(O3)c2ccccc2O4)cc1. The second kappa shape index (κ2) is 11.4. The Bertz CT molecular complexity index is 2800. The van der Waals surface area contributed by atoms with E-state index in [2.05, 4.69) is 174 Å². The lowest BCUT2D eigenvalue weighted by Crippen LogP contribution is -2.53. The lowest BCUT2D eigenvalue weighted by molar-refractivity contribution is 0.479. The maximum Gasteiger partial charge on any atom is 0.434 e. The molecule has 0 unspecified atom stereocenters. The summed E-state index contributed by atoms with van der Waals surface area (Å²) in [6.07, 6.45) is 0. The molecule has 242 valence electrons. The zero-order valence-electron chi connectivity index (χ0n) is 28.2. The van der Waals surface area contributed by atoms with Crippen LogP contribution in [0.5, 0.6) is 17.2 Å². The average molecular weight is 664 g/mol. The number of nitrogens with zero attached hydrogens (tertiary/aromatic N) is 1. The minimum absolute atomic E-state index is 0.253. The lowest BCUT2D eigenvalue weighted by Gasteiger charge is -2.33. The molecule has 8 aromatic carbocycles. The Kier molecular flexibility index (Phi) is 6.35. The van der Waals surface area contributed by atoms with Crippen molar-refractivity contribution in [3.05, 3.63) is 182 Å². The molecule has 3 nitrogen and oxygen atoms in total. The van der Waals surface area contributed by atoms with Crippen molar-refractivity contribution < 1.29 is 9.39 Å². The van der Waals surface area contributed by atoms with Gasteiger partial charge < -0.3 is 14.0 Å². The smallest absolute Gasteiger partial charge is 0.434 e. The van der Waals surface area contributed by atoms with Crippen LogP contribution >= 0.6 is 0 Å². The predicted molar refractivity (Wildman–Crippen MR) is 215 cm³/mol. The zero-order chi connectivity index (χ0) is 34.2. The second-order valence-electron chi connectivity index (χ2n) is 13.6. The van der Waals surface area contributed by atoms with Gasteiger partial charge in [0, 0.05) is 32.9 Å². The molecule has 0 atom stereocenters. The molecule has 3 heterocycles. The highest BCUT2D eigenvalue weighted by Crippen LogP contribution is 2.44. The van der Waals surface area contributed by atoms with E-state index in [1.165, 1.54) is 38.5 Å². The predicted octanol–water partition coefficient (Wildman–Crippen LogP) is 11.1. The van der Waals surface area contributed by atoms with Crippen molar-refractivity contribution in [2.75, 3.05) is 0 Å². The van der Waals surface area contributed by atoms with Gasteiger partial charge in [-0.25, -0.2) is 0 Å². The van der Waals surface area contributed by atoms with Gasteiger partial charge >= 0.3 is 6.92 Å². The summed E-state index contributed by atoms with van der Waals surface area (Å²) >= 11 is 0. The van der Waals surface area contributed by atoms with Crippen molar-refractivity contribution in [3.63, 3.8) is 0 Å². The van der Waals surface area contributed by atoms with E-state index < -0.39 is 0 Å². The Morgan fingerprint density at radius 2 is 1.00 bits per heavy atom. The van der Waals surface area contributed by atoms with Gasteiger partial charge in [-0.3, -0.25) is 0 Å². The van der Waals surface area contributed by atoms with E-state index in [1.807, 2.05) is 12.1 Å². The molecular weight excluding hydrogens is 633 g/mol. The molecule has 0 N–H and O–H groups in total. The molecule has 0 saturated carbocycles. The summed E-state index contributed by atoms with van der Waals surface area (Å²) in [4.78, 5) is 0.